The van der Waals surface area contributed by atoms with Gasteiger partial charge < -0.3 is 4.74 Å². The molecule has 4 rings (SSSR count). The van der Waals surface area contributed by atoms with Gasteiger partial charge >= 0.3 is 0 Å². The number of amides is 2. The Morgan fingerprint density at radius 1 is 0.806 bits per heavy atom. The number of hydrazine groups is 1. The number of carbonyl (C=O) groups excluding carboxylic acids is 2. The van der Waals surface area contributed by atoms with Crippen LogP contribution in [0.4, 0.5) is 4.39 Å². The fourth-order valence-corrected chi connectivity index (χ4v) is 2.80. The van der Waals surface area contributed by atoms with Crippen LogP contribution >= 0.6 is 0 Å². The summed E-state index contributed by atoms with van der Waals surface area (Å²) in [6.07, 6.45) is 0. The Hall–Kier alpha value is -4.47. The lowest BCUT2D eigenvalue weighted by Gasteiger charge is -2.04. The molecule has 31 heavy (non-hydrogen) atoms. The van der Waals surface area contributed by atoms with Gasteiger partial charge in [0.25, 0.3) is 11.8 Å². The number of nitrogens with one attached hydrogen (secondary N) is 4. The molecular weight excluding hydrogens is 403 g/mol. The van der Waals surface area contributed by atoms with E-state index < -0.39 is 11.8 Å². The summed E-state index contributed by atoms with van der Waals surface area (Å²) >= 11 is 0. The van der Waals surface area contributed by atoms with Crippen LogP contribution in [0.5, 0.6) is 5.75 Å². The van der Waals surface area contributed by atoms with Crippen molar-refractivity contribution in [1.29, 1.82) is 0 Å². The number of nitrogens with zero attached hydrogens (tertiary/aromatic N) is 2. The third-order valence-electron chi connectivity index (χ3n) is 4.46. The van der Waals surface area contributed by atoms with Gasteiger partial charge in [-0.05, 0) is 60.7 Å². The minimum atomic E-state index is -0.593. The Morgan fingerprint density at radius 2 is 1.26 bits per heavy atom. The second-order valence-electron chi connectivity index (χ2n) is 6.48. The van der Waals surface area contributed by atoms with Crippen molar-refractivity contribution in [1.82, 2.24) is 31.2 Å². The van der Waals surface area contributed by atoms with Gasteiger partial charge in [-0.1, -0.05) is 0 Å². The van der Waals surface area contributed by atoms with E-state index in [1.807, 2.05) is 12.1 Å². The Labute approximate surface area is 175 Å². The van der Waals surface area contributed by atoms with Crippen molar-refractivity contribution >= 4 is 11.8 Å². The van der Waals surface area contributed by atoms with Gasteiger partial charge in [0.2, 0.25) is 0 Å². The number of methoxy groups -OCH3 is 1. The van der Waals surface area contributed by atoms with E-state index in [2.05, 4.69) is 31.2 Å². The first-order chi connectivity index (χ1) is 15.0. The number of hydrogen-bond acceptors (Lipinski definition) is 5. The first-order valence-corrected chi connectivity index (χ1v) is 9.15. The highest BCUT2D eigenvalue weighted by Gasteiger charge is 2.15. The highest BCUT2D eigenvalue weighted by Crippen LogP contribution is 2.21. The minimum absolute atomic E-state index is 0.128. The lowest BCUT2D eigenvalue weighted by Crippen LogP contribution is -2.41. The quantitative estimate of drug-likeness (QED) is 0.370. The molecule has 0 saturated heterocycles. The fourth-order valence-electron chi connectivity index (χ4n) is 2.80. The van der Waals surface area contributed by atoms with Crippen LogP contribution in [0.15, 0.2) is 60.7 Å². The monoisotopic (exact) mass is 420 g/mol. The van der Waals surface area contributed by atoms with E-state index in [4.69, 9.17) is 4.74 Å². The van der Waals surface area contributed by atoms with Crippen molar-refractivity contribution in [3.8, 4) is 28.3 Å². The van der Waals surface area contributed by atoms with Crippen LogP contribution in [0, 0.1) is 5.82 Å². The molecule has 10 heteroatoms. The summed E-state index contributed by atoms with van der Waals surface area (Å²) in [4.78, 5) is 24.6. The zero-order valence-corrected chi connectivity index (χ0v) is 16.3. The lowest BCUT2D eigenvalue weighted by molar-refractivity contribution is 0.0841. The van der Waals surface area contributed by atoms with Crippen LogP contribution < -0.4 is 15.6 Å². The van der Waals surface area contributed by atoms with Crippen molar-refractivity contribution < 1.29 is 18.7 Å². The number of rotatable bonds is 5. The van der Waals surface area contributed by atoms with Gasteiger partial charge in [-0.25, -0.2) is 4.39 Å². The largest absolute Gasteiger partial charge is 0.497 e. The van der Waals surface area contributed by atoms with E-state index in [1.165, 1.54) is 18.2 Å². The van der Waals surface area contributed by atoms with Crippen LogP contribution in [0.3, 0.4) is 0 Å². The van der Waals surface area contributed by atoms with Crippen LogP contribution in [0.25, 0.3) is 22.5 Å². The van der Waals surface area contributed by atoms with Gasteiger partial charge in [-0.2, -0.15) is 10.2 Å². The average molecular weight is 420 g/mol. The first kappa shape index (κ1) is 19.8. The zero-order valence-electron chi connectivity index (χ0n) is 16.3. The Kier molecular flexibility index (Phi) is 5.43. The predicted molar refractivity (Wildman–Crippen MR) is 109 cm³/mol. The van der Waals surface area contributed by atoms with E-state index in [-0.39, 0.29) is 17.2 Å². The molecule has 0 aliphatic carbocycles. The summed E-state index contributed by atoms with van der Waals surface area (Å²) in [7, 11) is 1.58. The van der Waals surface area contributed by atoms with Gasteiger partial charge in [-0.3, -0.25) is 30.6 Å². The molecule has 0 unspecified atom stereocenters. The number of aromatic nitrogens is 4. The van der Waals surface area contributed by atoms with E-state index >= 15 is 0 Å². The number of hydrogen-bond donors (Lipinski definition) is 4. The Bertz CT molecular complexity index is 1210. The maximum atomic E-state index is 13.0. The van der Waals surface area contributed by atoms with Crippen molar-refractivity contribution in [3.63, 3.8) is 0 Å². The van der Waals surface area contributed by atoms with E-state index in [1.54, 1.807) is 37.4 Å². The van der Waals surface area contributed by atoms with Gasteiger partial charge in [0.05, 0.1) is 18.5 Å². The number of H-pyrrole nitrogens is 2. The standard InChI is InChI=1S/C21H17FN6O3/c1-31-15-8-4-13(5-9-15)17-11-19(26-24-17)21(30)28-27-20(29)18-10-16(23-25-18)12-2-6-14(22)7-3-12/h2-11H,1H3,(H,23,25)(H,24,26)(H,27,29)(H,28,30). The SMILES string of the molecule is COc1ccc(-c2cc(C(=O)NNC(=O)c3cc(-c4ccc(F)cc4)n[nH]3)[nH]n2)cc1. The Morgan fingerprint density at radius 3 is 1.71 bits per heavy atom. The third kappa shape index (κ3) is 4.42. The molecule has 9 nitrogen and oxygen atoms in total. The van der Waals surface area contributed by atoms with Crippen LogP contribution in [0.2, 0.25) is 0 Å². The van der Waals surface area contributed by atoms with Gasteiger partial charge in [0, 0.05) is 11.1 Å². The van der Waals surface area contributed by atoms with Crippen LogP contribution in [-0.4, -0.2) is 39.3 Å². The third-order valence-corrected chi connectivity index (χ3v) is 4.46. The molecule has 156 valence electrons. The molecule has 2 amide bonds. The van der Waals surface area contributed by atoms with E-state index in [0.717, 1.165) is 5.56 Å². The maximum Gasteiger partial charge on any atom is 0.287 e. The van der Waals surface area contributed by atoms with Crippen molar-refractivity contribution in [3.05, 3.63) is 77.9 Å². The molecule has 0 bridgehead atoms. The summed E-state index contributed by atoms with van der Waals surface area (Å²) in [6.45, 7) is 0. The van der Waals surface area contributed by atoms with Crippen molar-refractivity contribution in [2.75, 3.05) is 7.11 Å². The Balaban J connectivity index is 1.37. The van der Waals surface area contributed by atoms with Crippen molar-refractivity contribution in [2.45, 2.75) is 0 Å². The molecule has 0 aliphatic rings. The average Bonchev–Trinajstić information content (AvgIpc) is 3.48. The second kappa shape index (κ2) is 8.49. The van der Waals surface area contributed by atoms with Gasteiger partial charge in [-0.15, -0.1) is 0 Å². The molecule has 0 atom stereocenters. The van der Waals surface area contributed by atoms with E-state index in [9.17, 15) is 14.0 Å². The molecule has 2 aromatic heterocycles. The fraction of sp³-hybridized carbons (Fsp3) is 0.0476. The maximum absolute atomic E-state index is 13.0. The smallest absolute Gasteiger partial charge is 0.287 e. The number of aromatic amines is 2. The predicted octanol–water partition coefficient (Wildman–Crippen LogP) is 2.69. The molecule has 4 aromatic rings. The summed E-state index contributed by atoms with van der Waals surface area (Å²) in [6, 6.07) is 16.0. The molecular formula is C21H17FN6O3. The minimum Gasteiger partial charge on any atom is -0.497 e. The topological polar surface area (TPSA) is 125 Å². The number of ether oxygens (including phenoxy) is 1. The molecule has 0 radical (unpaired) electrons. The molecule has 4 N–H and O–H groups in total. The number of halogens is 1. The van der Waals surface area contributed by atoms with Crippen LogP contribution in [0.1, 0.15) is 21.0 Å². The summed E-state index contributed by atoms with van der Waals surface area (Å²) in [5.74, 6) is -0.821. The molecule has 2 heterocycles. The molecule has 0 fully saturated rings. The van der Waals surface area contributed by atoms with Gasteiger partial charge in [0.1, 0.15) is 23.0 Å². The van der Waals surface area contributed by atoms with Gasteiger partial charge in [0.15, 0.2) is 0 Å². The zero-order chi connectivity index (χ0) is 21.8. The number of benzene rings is 2. The normalized spacial score (nSPS) is 10.5. The second-order valence-corrected chi connectivity index (χ2v) is 6.48. The molecule has 0 saturated carbocycles. The first-order valence-electron chi connectivity index (χ1n) is 9.15. The lowest BCUT2D eigenvalue weighted by atomic mass is 10.1. The summed E-state index contributed by atoms with van der Waals surface area (Å²) in [5, 5.41) is 13.3. The molecule has 2 aromatic carbocycles. The van der Waals surface area contributed by atoms with E-state index in [0.29, 0.717) is 22.7 Å². The molecule has 0 spiro atoms. The summed E-state index contributed by atoms with van der Waals surface area (Å²) in [5.41, 5.74) is 7.38. The summed E-state index contributed by atoms with van der Waals surface area (Å²) < 4.78 is 18.2. The highest BCUT2D eigenvalue weighted by molar-refractivity contribution is 5.98. The van der Waals surface area contributed by atoms with Crippen molar-refractivity contribution in [2.24, 2.45) is 0 Å². The highest BCUT2D eigenvalue weighted by atomic mass is 19.1. The number of carbonyl (C=O) groups is 2. The molecule has 0 aliphatic heterocycles. The van der Waals surface area contributed by atoms with Crippen LogP contribution in [-0.2, 0) is 0 Å².